The molecule has 0 spiro atoms. The summed E-state index contributed by atoms with van der Waals surface area (Å²) in [4.78, 5) is 1.00. The van der Waals surface area contributed by atoms with Crippen LogP contribution in [0.3, 0.4) is 0 Å². The number of benzene rings is 1. The van der Waals surface area contributed by atoms with Crippen molar-refractivity contribution < 1.29 is 5.02 Å². The Morgan fingerprint density at radius 1 is 1.27 bits per heavy atom. The molecule has 0 saturated heterocycles. The maximum atomic E-state index is 9.09. The molecule has 1 aliphatic carbocycles. The van der Waals surface area contributed by atoms with Crippen LogP contribution in [-0.2, 0) is 0 Å². The average molecular weight is 216 g/mol. The molecule has 0 radical (unpaired) electrons. The van der Waals surface area contributed by atoms with Gasteiger partial charge in [-0.3, -0.25) is 0 Å². The Morgan fingerprint density at radius 2 is 2.07 bits per heavy atom. The van der Waals surface area contributed by atoms with E-state index in [9.17, 15) is 0 Å². The van der Waals surface area contributed by atoms with Crippen molar-refractivity contribution in [2.75, 3.05) is 0 Å². The predicted octanol–water partition coefficient (Wildman–Crippen LogP) is 2.38. The third-order valence-corrected chi connectivity index (χ3v) is 3.00. The highest BCUT2D eigenvalue weighted by Crippen LogP contribution is 2.29. The quantitative estimate of drug-likeness (QED) is 0.574. The van der Waals surface area contributed by atoms with Crippen molar-refractivity contribution >= 4 is 25.7 Å². The van der Waals surface area contributed by atoms with Gasteiger partial charge >= 0.3 is 7.48 Å². The van der Waals surface area contributed by atoms with Crippen LogP contribution in [0.1, 0.15) is 18.4 Å². The van der Waals surface area contributed by atoms with Gasteiger partial charge in [0.05, 0.1) is 0 Å². The third-order valence-electron chi connectivity index (χ3n) is 2.61. The molecule has 3 heteroatoms. The molecule has 0 saturated carbocycles. The van der Waals surface area contributed by atoms with Gasteiger partial charge in [0, 0.05) is 4.90 Å². The van der Waals surface area contributed by atoms with Crippen LogP contribution in [0.5, 0.6) is 0 Å². The topological polar surface area (TPSA) is 20.2 Å². The van der Waals surface area contributed by atoms with Crippen LogP contribution in [0.25, 0.3) is 5.57 Å². The second-order valence-corrected chi connectivity index (χ2v) is 4.14. The lowest BCUT2D eigenvalue weighted by Crippen LogP contribution is -1.99. The molecule has 0 amide bonds. The van der Waals surface area contributed by atoms with E-state index in [1.807, 2.05) is 18.2 Å². The number of hydrogen-bond donors (Lipinski definition) is 2. The van der Waals surface area contributed by atoms with Gasteiger partial charge in [0.15, 0.2) is 0 Å². The molecule has 0 bridgehead atoms. The summed E-state index contributed by atoms with van der Waals surface area (Å²) in [6.07, 6.45) is 6.19. The molecule has 0 atom stereocenters. The van der Waals surface area contributed by atoms with E-state index in [1.54, 1.807) is 0 Å². The van der Waals surface area contributed by atoms with Gasteiger partial charge in [-0.1, -0.05) is 35.8 Å². The first-order valence-electron chi connectivity index (χ1n) is 5.10. The predicted molar refractivity (Wildman–Crippen MR) is 68.4 cm³/mol. The van der Waals surface area contributed by atoms with Gasteiger partial charge in [-0.15, -0.1) is 12.6 Å². The first-order chi connectivity index (χ1) is 7.31. The maximum Gasteiger partial charge on any atom is 0.304 e. The summed E-state index contributed by atoms with van der Waals surface area (Å²) in [6.45, 7) is 0. The Bertz CT molecular complexity index is 423. The smallest absolute Gasteiger partial charge is 0.304 e. The molecule has 1 nitrogen and oxygen atoms in total. The molecule has 1 N–H and O–H groups in total. The highest BCUT2D eigenvalue weighted by molar-refractivity contribution is 7.80. The van der Waals surface area contributed by atoms with Gasteiger partial charge in [0.2, 0.25) is 0 Å². The molecule has 0 unspecified atom stereocenters. The molecule has 0 aromatic heterocycles. The van der Waals surface area contributed by atoms with Crippen molar-refractivity contribution in [3.05, 3.63) is 47.5 Å². The first kappa shape index (κ1) is 10.6. The number of rotatable bonds is 2. The van der Waals surface area contributed by atoms with Crippen molar-refractivity contribution in [3.63, 3.8) is 0 Å². The Kier molecular flexibility index (Phi) is 3.34. The van der Waals surface area contributed by atoms with E-state index in [0.717, 1.165) is 23.2 Å². The minimum Gasteiger partial charge on any atom is -0.449 e. The summed E-state index contributed by atoms with van der Waals surface area (Å²) in [7, 11) is 0.123. The van der Waals surface area contributed by atoms with Gasteiger partial charge < -0.3 is 5.02 Å². The summed E-state index contributed by atoms with van der Waals surface area (Å²) >= 11 is 4.44. The Balaban J connectivity index is 2.36. The molecular weight excluding hydrogens is 203 g/mol. The van der Waals surface area contributed by atoms with Gasteiger partial charge in [-0.25, -0.2) is 0 Å². The molecule has 0 aliphatic heterocycles. The van der Waals surface area contributed by atoms with Gasteiger partial charge in [-0.2, -0.15) is 0 Å². The fraction of sp³-hybridized carbons (Fsp3) is 0.167. The number of hydrogen-bond acceptors (Lipinski definition) is 2. The molecule has 1 aromatic rings. The first-order valence-corrected chi connectivity index (χ1v) is 5.55. The molecule has 1 aliphatic rings. The van der Waals surface area contributed by atoms with Crippen molar-refractivity contribution in [3.8, 4) is 0 Å². The van der Waals surface area contributed by atoms with Crippen LogP contribution >= 0.6 is 12.6 Å². The van der Waals surface area contributed by atoms with Crippen molar-refractivity contribution in [1.29, 1.82) is 0 Å². The zero-order valence-electron chi connectivity index (χ0n) is 8.48. The zero-order chi connectivity index (χ0) is 10.7. The second-order valence-electron chi connectivity index (χ2n) is 3.66. The van der Waals surface area contributed by atoms with Gasteiger partial charge in [0.1, 0.15) is 0 Å². The van der Waals surface area contributed by atoms with E-state index in [0.29, 0.717) is 0 Å². The van der Waals surface area contributed by atoms with E-state index in [2.05, 4.69) is 30.8 Å². The highest BCUT2D eigenvalue weighted by atomic mass is 32.1. The van der Waals surface area contributed by atoms with Gasteiger partial charge in [-0.05, 0) is 30.0 Å². The molecule has 15 heavy (non-hydrogen) atoms. The van der Waals surface area contributed by atoms with Crippen LogP contribution in [0.15, 0.2) is 46.8 Å². The summed E-state index contributed by atoms with van der Waals surface area (Å²) in [5.74, 6) is 0. The standard InChI is InChI=1S/C12H13BOS/c14-13-10-5-3-4-9(8-10)11-6-1-2-7-12(11)15/h1-2,5-8,13-15H,3-4H2. The lowest BCUT2D eigenvalue weighted by molar-refractivity contribution is 0.611. The molecule has 76 valence electrons. The van der Waals surface area contributed by atoms with E-state index >= 15 is 0 Å². The van der Waals surface area contributed by atoms with Crippen LogP contribution in [-0.4, -0.2) is 12.5 Å². The van der Waals surface area contributed by atoms with Crippen molar-refractivity contribution in [2.24, 2.45) is 0 Å². The van der Waals surface area contributed by atoms with Crippen LogP contribution in [0, 0.1) is 0 Å². The Labute approximate surface area is 96.2 Å². The molecule has 1 aromatic carbocycles. The van der Waals surface area contributed by atoms with Crippen molar-refractivity contribution in [2.45, 2.75) is 17.7 Å². The molecule has 0 fully saturated rings. The summed E-state index contributed by atoms with van der Waals surface area (Å²) in [5.41, 5.74) is 3.46. The van der Waals surface area contributed by atoms with E-state index in [-0.39, 0.29) is 7.48 Å². The second kappa shape index (κ2) is 4.73. The minimum absolute atomic E-state index is 0.123. The van der Waals surface area contributed by atoms with Crippen molar-refractivity contribution in [1.82, 2.24) is 0 Å². The largest absolute Gasteiger partial charge is 0.449 e. The van der Waals surface area contributed by atoms with E-state index < -0.39 is 0 Å². The number of allylic oxidation sites excluding steroid dienone is 4. The lowest BCUT2D eigenvalue weighted by atomic mass is 9.80. The SMILES string of the molecule is OBC1=CCCC(c2ccccc2S)=C1. The lowest BCUT2D eigenvalue weighted by Gasteiger charge is -2.14. The molecule has 0 heterocycles. The van der Waals surface area contributed by atoms with Gasteiger partial charge in [0.25, 0.3) is 0 Å². The van der Waals surface area contributed by atoms with E-state index in [1.165, 1.54) is 11.1 Å². The normalized spacial score (nSPS) is 15.6. The van der Waals surface area contributed by atoms with Crippen LogP contribution < -0.4 is 0 Å². The average Bonchev–Trinajstić information content (AvgIpc) is 2.30. The molecular formula is C12H13BOS. The maximum absolute atomic E-state index is 9.09. The monoisotopic (exact) mass is 216 g/mol. The number of thiol groups is 1. The Morgan fingerprint density at radius 3 is 2.80 bits per heavy atom. The molecule has 2 rings (SSSR count). The minimum atomic E-state index is 0.123. The third kappa shape index (κ3) is 2.36. The summed E-state index contributed by atoms with van der Waals surface area (Å²) < 4.78 is 0. The highest BCUT2D eigenvalue weighted by Gasteiger charge is 2.09. The summed E-state index contributed by atoms with van der Waals surface area (Å²) in [6, 6.07) is 8.08. The summed E-state index contributed by atoms with van der Waals surface area (Å²) in [5, 5.41) is 9.09. The Hall–Kier alpha value is -0.925. The van der Waals surface area contributed by atoms with Crippen LogP contribution in [0.4, 0.5) is 0 Å². The fourth-order valence-corrected chi connectivity index (χ4v) is 2.14. The zero-order valence-corrected chi connectivity index (χ0v) is 9.37. The fourth-order valence-electron chi connectivity index (χ4n) is 1.84. The van der Waals surface area contributed by atoms with Crippen LogP contribution in [0.2, 0.25) is 0 Å². The van der Waals surface area contributed by atoms with E-state index in [4.69, 9.17) is 5.02 Å².